The highest BCUT2D eigenvalue weighted by molar-refractivity contribution is 6.31. The van der Waals surface area contributed by atoms with Gasteiger partial charge in [0.2, 0.25) is 0 Å². The minimum absolute atomic E-state index is 0.0209. The fraction of sp³-hybridized carbons (Fsp3) is 0.632. The number of halogens is 2. The van der Waals surface area contributed by atoms with Gasteiger partial charge in [0.05, 0.1) is 5.60 Å². The Morgan fingerprint density at radius 1 is 1.32 bits per heavy atom. The molecule has 4 nitrogen and oxygen atoms in total. The van der Waals surface area contributed by atoms with E-state index < -0.39 is 5.82 Å². The van der Waals surface area contributed by atoms with Gasteiger partial charge in [0.25, 0.3) is 5.91 Å². The molecule has 0 bridgehead atoms. The van der Waals surface area contributed by atoms with E-state index in [1.165, 1.54) is 18.2 Å². The molecule has 0 unspecified atom stereocenters. The molecule has 2 N–H and O–H groups in total. The zero-order valence-corrected chi connectivity index (χ0v) is 15.5. The summed E-state index contributed by atoms with van der Waals surface area (Å²) < 4.78 is 19.1. The van der Waals surface area contributed by atoms with Crippen LogP contribution >= 0.6 is 11.6 Å². The second-order valence-electron chi connectivity index (χ2n) is 7.87. The molecule has 1 aliphatic carbocycles. The third-order valence-electron chi connectivity index (χ3n) is 5.09. The molecule has 3 rings (SSSR count). The standard InChI is InChI=1S/C19H26ClFN2O2/c1-19(2)10-12(3-4-25-19)11-22-16-8-17(9-16)23-18(24)13-5-14(20)7-15(21)6-13/h5-7,12,16-17,22H,3-4,8-11H2,1-2H3,(H,23,24)/t12-,16-,17-/m0/s1. The Kier molecular flexibility index (Phi) is 5.66. The third kappa shape index (κ3) is 5.16. The molecule has 1 saturated heterocycles. The van der Waals surface area contributed by atoms with Crippen LogP contribution in [-0.2, 0) is 4.74 Å². The molecule has 2 fully saturated rings. The predicted octanol–water partition coefficient (Wildman–Crippen LogP) is 3.53. The van der Waals surface area contributed by atoms with Gasteiger partial charge in [0.1, 0.15) is 5.82 Å². The van der Waals surface area contributed by atoms with Gasteiger partial charge < -0.3 is 15.4 Å². The van der Waals surface area contributed by atoms with Gasteiger partial charge in [-0.1, -0.05) is 11.6 Å². The van der Waals surface area contributed by atoms with E-state index in [9.17, 15) is 9.18 Å². The summed E-state index contributed by atoms with van der Waals surface area (Å²) in [6.07, 6.45) is 3.99. The highest BCUT2D eigenvalue weighted by Gasteiger charge is 2.33. The summed E-state index contributed by atoms with van der Waals surface area (Å²) >= 11 is 5.80. The van der Waals surface area contributed by atoms with E-state index in [0.717, 1.165) is 38.8 Å². The quantitative estimate of drug-likeness (QED) is 0.835. The highest BCUT2D eigenvalue weighted by Crippen LogP contribution is 2.29. The Hall–Kier alpha value is -1.17. The SMILES string of the molecule is CC1(C)C[C@@H](CN[C@H]2C[C@H](NC(=O)c3cc(F)cc(Cl)c3)C2)CCO1. The molecule has 2 aliphatic rings. The van der Waals surface area contributed by atoms with Crippen molar-refractivity contribution in [2.24, 2.45) is 5.92 Å². The molecular formula is C19H26ClFN2O2. The summed E-state index contributed by atoms with van der Waals surface area (Å²) in [5, 5.41) is 6.78. The molecule has 6 heteroatoms. The number of rotatable bonds is 5. The van der Waals surface area contributed by atoms with Crippen molar-refractivity contribution in [3.8, 4) is 0 Å². The highest BCUT2D eigenvalue weighted by atomic mass is 35.5. The number of carbonyl (C=O) groups is 1. The smallest absolute Gasteiger partial charge is 0.251 e. The molecule has 1 aromatic rings. The van der Waals surface area contributed by atoms with Gasteiger partial charge in [-0.25, -0.2) is 4.39 Å². The van der Waals surface area contributed by atoms with E-state index in [-0.39, 0.29) is 28.1 Å². The van der Waals surface area contributed by atoms with E-state index >= 15 is 0 Å². The Bertz CT molecular complexity index is 612. The summed E-state index contributed by atoms with van der Waals surface area (Å²) in [4.78, 5) is 12.2. The van der Waals surface area contributed by atoms with Crippen molar-refractivity contribution in [1.29, 1.82) is 0 Å². The molecule has 1 heterocycles. The average Bonchev–Trinajstić information content (AvgIpc) is 2.47. The van der Waals surface area contributed by atoms with Crippen LogP contribution in [-0.4, -0.2) is 36.7 Å². The number of amides is 1. The lowest BCUT2D eigenvalue weighted by molar-refractivity contribution is -0.0725. The summed E-state index contributed by atoms with van der Waals surface area (Å²) in [5.41, 5.74) is 0.248. The molecule has 1 saturated carbocycles. The van der Waals surface area contributed by atoms with Gasteiger partial charge >= 0.3 is 0 Å². The number of ether oxygens (including phenoxy) is 1. The van der Waals surface area contributed by atoms with Crippen molar-refractivity contribution < 1.29 is 13.9 Å². The summed E-state index contributed by atoms with van der Waals surface area (Å²) in [6.45, 7) is 6.12. The van der Waals surface area contributed by atoms with Crippen LogP contribution in [0.2, 0.25) is 5.02 Å². The first-order valence-electron chi connectivity index (χ1n) is 8.95. The number of benzene rings is 1. The molecule has 0 aromatic heterocycles. The molecule has 25 heavy (non-hydrogen) atoms. The van der Waals surface area contributed by atoms with Gasteiger partial charge in [-0.05, 0) is 70.2 Å². The van der Waals surface area contributed by atoms with E-state index in [1.54, 1.807) is 0 Å². The normalized spacial score (nSPS) is 28.2. The van der Waals surface area contributed by atoms with Crippen molar-refractivity contribution >= 4 is 17.5 Å². The Labute approximate surface area is 153 Å². The molecule has 0 spiro atoms. The van der Waals surface area contributed by atoms with Gasteiger partial charge in [-0.2, -0.15) is 0 Å². The first kappa shape index (κ1) is 18.6. The monoisotopic (exact) mass is 368 g/mol. The van der Waals surface area contributed by atoms with Crippen LogP contribution < -0.4 is 10.6 Å². The van der Waals surface area contributed by atoms with E-state index in [1.807, 2.05) is 0 Å². The fourth-order valence-electron chi connectivity index (χ4n) is 3.72. The number of hydrogen-bond donors (Lipinski definition) is 2. The molecule has 1 amide bonds. The maximum absolute atomic E-state index is 13.3. The number of hydrogen-bond acceptors (Lipinski definition) is 3. The Balaban J connectivity index is 1.39. The van der Waals surface area contributed by atoms with Gasteiger partial charge in [0, 0.05) is 29.3 Å². The van der Waals surface area contributed by atoms with Crippen LogP contribution in [0.1, 0.15) is 49.9 Å². The Morgan fingerprint density at radius 2 is 2.08 bits per heavy atom. The molecule has 1 aromatic carbocycles. The van der Waals surface area contributed by atoms with Crippen LogP contribution in [0.3, 0.4) is 0 Å². The van der Waals surface area contributed by atoms with E-state index in [0.29, 0.717) is 12.0 Å². The van der Waals surface area contributed by atoms with Gasteiger partial charge in [-0.3, -0.25) is 4.79 Å². The topological polar surface area (TPSA) is 50.4 Å². The minimum Gasteiger partial charge on any atom is -0.376 e. The summed E-state index contributed by atoms with van der Waals surface area (Å²) in [6, 6.07) is 4.47. The predicted molar refractivity (Wildman–Crippen MR) is 96.4 cm³/mol. The molecule has 1 atom stereocenters. The molecular weight excluding hydrogens is 343 g/mol. The lowest BCUT2D eigenvalue weighted by Crippen LogP contribution is -2.53. The van der Waals surface area contributed by atoms with Crippen LogP contribution in [0, 0.1) is 11.7 Å². The lowest BCUT2D eigenvalue weighted by atomic mass is 9.84. The average molecular weight is 369 g/mol. The van der Waals surface area contributed by atoms with Gasteiger partial charge in [-0.15, -0.1) is 0 Å². The van der Waals surface area contributed by atoms with Crippen molar-refractivity contribution in [3.63, 3.8) is 0 Å². The van der Waals surface area contributed by atoms with Crippen molar-refractivity contribution in [2.45, 2.75) is 57.2 Å². The fourth-order valence-corrected chi connectivity index (χ4v) is 3.94. The first-order chi connectivity index (χ1) is 11.8. The van der Waals surface area contributed by atoms with Crippen LogP contribution in [0.4, 0.5) is 4.39 Å². The molecule has 0 radical (unpaired) electrons. The first-order valence-corrected chi connectivity index (χ1v) is 9.33. The number of carbonyl (C=O) groups excluding carboxylic acids is 1. The van der Waals surface area contributed by atoms with Crippen LogP contribution in [0.15, 0.2) is 18.2 Å². The van der Waals surface area contributed by atoms with Crippen molar-refractivity contribution in [2.75, 3.05) is 13.2 Å². The Morgan fingerprint density at radius 3 is 2.76 bits per heavy atom. The van der Waals surface area contributed by atoms with Crippen molar-refractivity contribution in [1.82, 2.24) is 10.6 Å². The number of nitrogens with one attached hydrogen (secondary N) is 2. The van der Waals surface area contributed by atoms with Gasteiger partial charge in [0.15, 0.2) is 0 Å². The minimum atomic E-state index is -0.495. The van der Waals surface area contributed by atoms with E-state index in [2.05, 4.69) is 24.5 Å². The molecule has 1 aliphatic heterocycles. The molecule has 138 valence electrons. The zero-order valence-electron chi connectivity index (χ0n) is 14.8. The lowest BCUT2D eigenvalue weighted by Gasteiger charge is -2.40. The second-order valence-corrected chi connectivity index (χ2v) is 8.31. The zero-order chi connectivity index (χ0) is 18.0. The van der Waals surface area contributed by atoms with Crippen LogP contribution in [0.5, 0.6) is 0 Å². The van der Waals surface area contributed by atoms with E-state index in [4.69, 9.17) is 16.3 Å². The van der Waals surface area contributed by atoms with Crippen LogP contribution in [0.25, 0.3) is 0 Å². The maximum Gasteiger partial charge on any atom is 0.251 e. The summed E-state index contributed by atoms with van der Waals surface area (Å²) in [5.74, 6) is -0.118. The second kappa shape index (κ2) is 7.60. The summed E-state index contributed by atoms with van der Waals surface area (Å²) in [7, 11) is 0. The largest absolute Gasteiger partial charge is 0.376 e. The maximum atomic E-state index is 13.3. The van der Waals surface area contributed by atoms with Crippen molar-refractivity contribution in [3.05, 3.63) is 34.6 Å². The third-order valence-corrected chi connectivity index (χ3v) is 5.31.